The lowest BCUT2D eigenvalue weighted by Gasteiger charge is -2.33. The number of nitrogens with two attached hydrogens (primary N) is 1. The summed E-state index contributed by atoms with van der Waals surface area (Å²) in [5.41, 5.74) is 9.35. The molecule has 0 amide bonds. The Bertz CT molecular complexity index is 553. The molecule has 1 aliphatic heterocycles. The number of ether oxygens (including phenoxy) is 1. The number of aryl methyl sites for hydroxylation is 2. The molecule has 1 aromatic rings. The first-order valence-electron chi connectivity index (χ1n) is 8.03. The fraction of sp³-hybridized carbons (Fsp3) is 0.588. The van der Waals surface area contributed by atoms with Gasteiger partial charge in [0, 0.05) is 24.3 Å². The van der Waals surface area contributed by atoms with E-state index in [1.54, 1.807) is 0 Å². The van der Waals surface area contributed by atoms with Crippen LogP contribution < -0.4 is 11.1 Å². The zero-order valence-electron chi connectivity index (χ0n) is 12.9. The van der Waals surface area contributed by atoms with Gasteiger partial charge in [-0.05, 0) is 55.4 Å². The van der Waals surface area contributed by atoms with Gasteiger partial charge in [-0.1, -0.05) is 6.07 Å². The van der Waals surface area contributed by atoms with Crippen LogP contribution in [-0.4, -0.2) is 32.4 Å². The van der Waals surface area contributed by atoms with E-state index >= 15 is 0 Å². The summed E-state index contributed by atoms with van der Waals surface area (Å²) < 4.78 is 18.7. The van der Waals surface area contributed by atoms with Crippen LogP contribution in [0.25, 0.3) is 0 Å². The van der Waals surface area contributed by atoms with Crippen LogP contribution in [0.5, 0.6) is 0 Å². The number of hydrogen-bond acceptors (Lipinski definition) is 2. The van der Waals surface area contributed by atoms with Gasteiger partial charge in [0.1, 0.15) is 0 Å². The summed E-state index contributed by atoms with van der Waals surface area (Å²) in [6.45, 7) is 1.26. The van der Waals surface area contributed by atoms with Crippen molar-refractivity contribution in [2.75, 3.05) is 31.7 Å². The van der Waals surface area contributed by atoms with Crippen molar-refractivity contribution in [3.8, 4) is 0 Å². The molecule has 0 aromatic heterocycles. The number of anilines is 1. The number of fused-ring (bicyclic) bond motifs is 1. The molecule has 0 saturated carbocycles. The second kappa shape index (κ2) is 6.65. The van der Waals surface area contributed by atoms with E-state index in [-0.39, 0.29) is 6.67 Å². The van der Waals surface area contributed by atoms with Gasteiger partial charge in [-0.2, -0.15) is 0 Å². The number of guanidine groups is 1. The summed E-state index contributed by atoms with van der Waals surface area (Å²) in [6, 6.07) is 6.33. The van der Waals surface area contributed by atoms with Gasteiger partial charge in [-0.15, -0.1) is 0 Å². The average molecular weight is 305 g/mol. The van der Waals surface area contributed by atoms with Crippen LogP contribution in [0, 0.1) is 5.41 Å². The second-order valence-electron chi connectivity index (χ2n) is 6.41. The molecule has 0 bridgehead atoms. The fourth-order valence-electron chi connectivity index (χ4n) is 3.23. The predicted molar refractivity (Wildman–Crippen MR) is 87.0 cm³/mol. The van der Waals surface area contributed by atoms with Crippen molar-refractivity contribution in [3.05, 3.63) is 29.3 Å². The molecule has 0 atom stereocenters. The number of nitrogens with zero attached hydrogens (tertiary/aromatic N) is 1. The average Bonchev–Trinajstić information content (AvgIpc) is 3.01. The highest BCUT2D eigenvalue weighted by Gasteiger charge is 2.32. The maximum Gasteiger partial charge on any atom is 0.193 e. The first-order chi connectivity index (χ1) is 10.7. The third-order valence-electron chi connectivity index (χ3n) is 4.79. The minimum absolute atomic E-state index is 0.359. The molecule has 0 radical (unpaired) electrons. The van der Waals surface area contributed by atoms with E-state index < -0.39 is 5.41 Å². The zero-order chi connectivity index (χ0) is 15.4. The van der Waals surface area contributed by atoms with E-state index in [1.165, 1.54) is 24.0 Å². The molecule has 1 saturated heterocycles. The Balaban J connectivity index is 1.62. The fourth-order valence-corrected chi connectivity index (χ4v) is 3.23. The van der Waals surface area contributed by atoms with E-state index in [2.05, 4.69) is 22.4 Å². The third-order valence-corrected chi connectivity index (χ3v) is 4.79. The van der Waals surface area contributed by atoms with Gasteiger partial charge in [0.25, 0.3) is 0 Å². The maximum absolute atomic E-state index is 13.4. The van der Waals surface area contributed by atoms with Crippen molar-refractivity contribution in [1.82, 2.24) is 0 Å². The van der Waals surface area contributed by atoms with Crippen molar-refractivity contribution in [3.63, 3.8) is 0 Å². The number of benzene rings is 1. The summed E-state index contributed by atoms with van der Waals surface area (Å²) in [4.78, 5) is 4.37. The molecular formula is C17H24FN3O. The Hall–Kier alpha value is -1.62. The van der Waals surface area contributed by atoms with Crippen LogP contribution >= 0.6 is 0 Å². The third kappa shape index (κ3) is 3.40. The molecule has 4 nitrogen and oxygen atoms in total. The van der Waals surface area contributed by atoms with Gasteiger partial charge in [0.2, 0.25) is 0 Å². The smallest absolute Gasteiger partial charge is 0.193 e. The number of aliphatic imine (C=N–C) groups is 1. The summed E-state index contributed by atoms with van der Waals surface area (Å²) in [5, 5.41) is 3.13. The molecule has 3 rings (SSSR count). The quantitative estimate of drug-likeness (QED) is 0.664. The van der Waals surface area contributed by atoms with E-state index in [0.717, 1.165) is 12.1 Å². The first-order valence-corrected chi connectivity index (χ1v) is 8.03. The first kappa shape index (κ1) is 15.3. The molecule has 1 aliphatic carbocycles. The normalized spacial score (nSPS) is 20.7. The van der Waals surface area contributed by atoms with Gasteiger partial charge in [-0.25, -0.2) is 0 Å². The monoisotopic (exact) mass is 305 g/mol. The number of nitrogens with one attached hydrogen (secondary N) is 1. The molecule has 1 aromatic carbocycles. The SMILES string of the molecule is NC(=NCC1(CF)CCOCC1)Nc1ccc2c(c1)CCC2. The summed E-state index contributed by atoms with van der Waals surface area (Å²) in [7, 11) is 0. The maximum atomic E-state index is 13.4. The number of alkyl halides is 1. The highest BCUT2D eigenvalue weighted by Crippen LogP contribution is 2.31. The van der Waals surface area contributed by atoms with Crippen molar-refractivity contribution in [2.24, 2.45) is 16.1 Å². The summed E-state index contributed by atoms with van der Waals surface area (Å²) in [6.07, 6.45) is 4.94. The van der Waals surface area contributed by atoms with Crippen molar-refractivity contribution >= 4 is 11.6 Å². The topological polar surface area (TPSA) is 59.6 Å². The van der Waals surface area contributed by atoms with Crippen LogP contribution in [0.15, 0.2) is 23.2 Å². The largest absolute Gasteiger partial charge is 0.381 e. The molecule has 1 heterocycles. The molecule has 0 spiro atoms. The molecule has 120 valence electrons. The van der Waals surface area contributed by atoms with E-state index in [4.69, 9.17) is 10.5 Å². The highest BCUT2D eigenvalue weighted by molar-refractivity contribution is 5.92. The minimum atomic E-state index is -0.400. The molecule has 2 aliphatic rings. The lowest BCUT2D eigenvalue weighted by atomic mass is 9.82. The Morgan fingerprint density at radius 3 is 2.82 bits per heavy atom. The lowest BCUT2D eigenvalue weighted by Crippen LogP contribution is -2.36. The summed E-state index contributed by atoms with van der Waals surface area (Å²) in [5.74, 6) is 0.359. The van der Waals surface area contributed by atoms with Crippen LogP contribution in [0.4, 0.5) is 10.1 Å². The lowest BCUT2D eigenvalue weighted by molar-refractivity contribution is 0.00696. The van der Waals surface area contributed by atoms with E-state index in [0.29, 0.717) is 38.6 Å². The molecule has 1 fully saturated rings. The predicted octanol–water partition coefficient (Wildman–Crippen LogP) is 2.67. The van der Waals surface area contributed by atoms with Crippen molar-refractivity contribution in [1.29, 1.82) is 0 Å². The van der Waals surface area contributed by atoms with E-state index in [9.17, 15) is 4.39 Å². The van der Waals surface area contributed by atoms with Crippen molar-refractivity contribution in [2.45, 2.75) is 32.1 Å². The number of hydrogen-bond donors (Lipinski definition) is 2. The highest BCUT2D eigenvalue weighted by atomic mass is 19.1. The van der Waals surface area contributed by atoms with Crippen LogP contribution in [-0.2, 0) is 17.6 Å². The Morgan fingerprint density at radius 1 is 1.27 bits per heavy atom. The van der Waals surface area contributed by atoms with Crippen LogP contribution in [0.2, 0.25) is 0 Å². The van der Waals surface area contributed by atoms with Gasteiger partial charge < -0.3 is 15.8 Å². The van der Waals surface area contributed by atoms with Gasteiger partial charge in [0.05, 0.1) is 13.2 Å². The van der Waals surface area contributed by atoms with Crippen molar-refractivity contribution < 1.29 is 9.13 Å². The van der Waals surface area contributed by atoms with E-state index in [1.807, 2.05) is 6.07 Å². The minimum Gasteiger partial charge on any atom is -0.381 e. The molecule has 0 unspecified atom stereocenters. The number of halogens is 1. The Labute approximate surface area is 130 Å². The number of rotatable bonds is 4. The van der Waals surface area contributed by atoms with Gasteiger partial charge in [0.15, 0.2) is 5.96 Å². The van der Waals surface area contributed by atoms with Crippen LogP contribution in [0.3, 0.4) is 0 Å². The molecule has 3 N–H and O–H groups in total. The zero-order valence-corrected chi connectivity index (χ0v) is 12.9. The van der Waals surface area contributed by atoms with Crippen LogP contribution in [0.1, 0.15) is 30.4 Å². The molecule has 5 heteroatoms. The van der Waals surface area contributed by atoms with Gasteiger partial charge in [-0.3, -0.25) is 9.38 Å². The van der Waals surface area contributed by atoms with Gasteiger partial charge >= 0.3 is 0 Å². The Morgan fingerprint density at radius 2 is 2.05 bits per heavy atom. The molecule has 22 heavy (non-hydrogen) atoms. The second-order valence-corrected chi connectivity index (χ2v) is 6.41. The Kier molecular flexibility index (Phi) is 4.62. The summed E-state index contributed by atoms with van der Waals surface area (Å²) >= 11 is 0. The molecular weight excluding hydrogens is 281 g/mol. The standard InChI is InChI=1S/C17H24FN3O/c18-11-17(6-8-22-9-7-17)12-20-16(19)21-15-5-4-13-2-1-3-14(13)10-15/h4-5,10H,1-3,6-9,11-12H2,(H3,19,20,21).